The molecule has 1 atom stereocenters. The van der Waals surface area contributed by atoms with Crippen LogP contribution in [-0.4, -0.2) is 68.7 Å². The minimum atomic E-state index is -4.46. The lowest BCUT2D eigenvalue weighted by Gasteiger charge is -2.39. The quantitative estimate of drug-likeness (QED) is 0.138. The third-order valence-electron chi connectivity index (χ3n) is 8.98. The van der Waals surface area contributed by atoms with E-state index in [0.29, 0.717) is 31.7 Å². The molecule has 0 spiro atoms. The van der Waals surface area contributed by atoms with Crippen molar-refractivity contribution in [3.8, 4) is 11.3 Å². The summed E-state index contributed by atoms with van der Waals surface area (Å²) in [7, 11) is 0. The average Bonchev–Trinajstić information content (AvgIpc) is 3.16. The molecule has 2 amide bonds. The molecule has 10 heteroatoms. The fraction of sp³-hybridized carbons (Fsp3) is 0.220. The number of piperazine rings is 1. The highest BCUT2D eigenvalue weighted by atomic mass is 19.4. The molecule has 5 aromatic rings. The zero-order valence-electron chi connectivity index (χ0n) is 28.0. The van der Waals surface area contributed by atoms with Crippen LogP contribution in [0.4, 0.5) is 13.2 Å². The molecule has 7 nitrogen and oxygen atoms in total. The van der Waals surface area contributed by atoms with Gasteiger partial charge in [0.1, 0.15) is 6.04 Å². The summed E-state index contributed by atoms with van der Waals surface area (Å²) in [5.74, 6) is -0.591. The number of pyridine rings is 2. The van der Waals surface area contributed by atoms with Gasteiger partial charge in [-0.3, -0.25) is 24.5 Å². The molecule has 3 aromatic carbocycles. The first kappa shape index (κ1) is 35.2. The van der Waals surface area contributed by atoms with E-state index in [9.17, 15) is 22.8 Å². The van der Waals surface area contributed by atoms with Gasteiger partial charge in [0.05, 0.1) is 11.3 Å². The van der Waals surface area contributed by atoms with Crippen LogP contribution in [0.1, 0.15) is 27.8 Å². The van der Waals surface area contributed by atoms with Crippen molar-refractivity contribution in [2.45, 2.75) is 31.7 Å². The van der Waals surface area contributed by atoms with E-state index in [-0.39, 0.29) is 18.9 Å². The number of carbonyl (C=O) groups excluding carboxylic acids is 2. The van der Waals surface area contributed by atoms with Gasteiger partial charge in [-0.1, -0.05) is 72.8 Å². The zero-order valence-corrected chi connectivity index (χ0v) is 28.0. The summed E-state index contributed by atoms with van der Waals surface area (Å²) in [6.45, 7) is 3.34. The van der Waals surface area contributed by atoms with Gasteiger partial charge in [-0.15, -0.1) is 0 Å². The maximum absolute atomic E-state index is 14.5. The normalized spacial score (nSPS) is 14.4. The summed E-state index contributed by atoms with van der Waals surface area (Å²) >= 11 is 0. The Hall–Kier alpha value is -5.61. The van der Waals surface area contributed by atoms with Crippen LogP contribution in [0.25, 0.3) is 17.3 Å². The van der Waals surface area contributed by atoms with Crippen LogP contribution in [0.5, 0.6) is 0 Å². The minimum absolute atomic E-state index is 0.133. The summed E-state index contributed by atoms with van der Waals surface area (Å²) in [6, 6.07) is 31.0. The number of amides is 2. The highest BCUT2D eigenvalue weighted by molar-refractivity contribution is 5.95. The number of rotatable bonds is 11. The van der Waals surface area contributed by atoms with Crippen LogP contribution in [-0.2, 0) is 35.3 Å². The van der Waals surface area contributed by atoms with Gasteiger partial charge in [-0.25, -0.2) is 0 Å². The lowest BCUT2D eigenvalue weighted by atomic mass is 10.0. The molecule has 0 bridgehead atoms. The third kappa shape index (κ3) is 9.55. The first-order chi connectivity index (χ1) is 24.7. The van der Waals surface area contributed by atoms with Crippen molar-refractivity contribution in [1.82, 2.24) is 24.7 Å². The maximum Gasteiger partial charge on any atom is 0.416 e. The molecule has 2 aromatic heterocycles. The number of hydrogen-bond donors (Lipinski definition) is 0. The van der Waals surface area contributed by atoms with Crippen molar-refractivity contribution in [2.24, 2.45) is 0 Å². The van der Waals surface area contributed by atoms with E-state index in [4.69, 9.17) is 0 Å². The first-order valence-corrected chi connectivity index (χ1v) is 16.8. The van der Waals surface area contributed by atoms with Crippen molar-refractivity contribution < 1.29 is 22.8 Å². The van der Waals surface area contributed by atoms with Gasteiger partial charge in [0.2, 0.25) is 11.8 Å². The highest BCUT2D eigenvalue weighted by Crippen LogP contribution is 2.29. The van der Waals surface area contributed by atoms with Crippen LogP contribution in [0, 0.1) is 0 Å². The Kier molecular flexibility index (Phi) is 11.3. The van der Waals surface area contributed by atoms with Crippen LogP contribution in [0.2, 0.25) is 0 Å². The average molecular weight is 690 g/mol. The molecular formula is C41H38F3N5O2. The van der Waals surface area contributed by atoms with Gasteiger partial charge in [-0.05, 0) is 64.7 Å². The summed E-state index contributed by atoms with van der Waals surface area (Å²) in [5.41, 5.74) is 4.26. The van der Waals surface area contributed by atoms with Crippen LogP contribution in [0.3, 0.4) is 0 Å². The fourth-order valence-electron chi connectivity index (χ4n) is 6.15. The lowest BCUT2D eigenvalue weighted by Crippen LogP contribution is -2.56. The molecule has 260 valence electrons. The van der Waals surface area contributed by atoms with E-state index in [1.165, 1.54) is 29.8 Å². The number of aromatic nitrogens is 2. The summed E-state index contributed by atoms with van der Waals surface area (Å²) < 4.78 is 39.5. The first-order valence-electron chi connectivity index (χ1n) is 16.8. The number of nitrogens with zero attached hydrogens (tertiary/aromatic N) is 5. The van der Waals surface area contributed by atoms with Crippen LogP contribution < -0.4 is 0 Å². The molecule has 1 saturated heterocycles. The summed E-state index contributed by atoms with van der Waals surface area (Å²) in [5, 5.41) is 0. The monoisotopic (exact) mass is 689 g/mol. The Labute approximate surface area is 295 Å². The Bertz CT molecular complexity index is 1900. The number of carbonyl (C=O) groups is 2. The van der Waals surface area contributed by atoms with Crippen LogP contribution >= 0.6 is 0 Å². The van der Waals surface area contributed by atoms with E-state index in [1.807, 2.05) is 77.7 Å². The molecule has 0 radical (unpaired) electrons. The predicted octanol–water partition coefficient (Wildman–Crippen LogP) is 7.16. The molecule has 0 aliphatic carbocycles. The third-order valence-corrected chi connectivity index (χ3v) is 8.98. The molecule has 1 aliphatic rings. The van der Waals surface area contributed by atoms with Crippen molar-refractivity contribution in [3.05, 3.63) is 162 Å². The Balaban J connectivity index is 1.28. The second-order valence-corrected chi connectivity index (χ2v) is 12.5. The van der Waals surface area contributed by atoms with Gasteiger partial charge in [-0.2, -0.15) is 13.2 Å². The second-order valence-electron chi connectivity index (χ2n) is 12.5. The molecule has 3 heterocycles. The zero-order chi connectivity index (χ0) is 35.6. The van der Waals surface area contributed by atoms with E-state index in [0.717, 1.165) is 41.1 Å². The van der Waals surface area contributed by atoms with Crippen molar-refractivity contribution in [3.63, 3.8) is 0 Å². The van der Waals surface area contributed by atoms with E-state index < -0.39 is 23.7 Å². The number of alkyl halides is 3. The number of hydrogen-bond acceptors (Lipinski definition) is 5. The molecule has 1 aliphatic heterocycles. The Morgan fingerprint density at radius 3 is 2.08 bits per heavy atom. The lowest BCUT2D eigenvalue weighted by molar-refractivity contribution is -0.145. The van der Waals surface area contributed by atoms with Gasteiger partial charge >= 0.3 is 6.18 Å². The molecule has 0 N–H and O–H groups in total. The predicted molar refractivity (Wildman–Crippen MR) is 191 cm³/mol. The molecule has 0 saturated carbocycles. The number of halogens is 3. The highest BCUT2D eigenvalue weighted by Gasteiger charge is 2.34. The fourth-order valence-corrected chi connectivity index (χ4v) is 6.15. The van der Waals surface area contributed by atoms with Gasteiger partial charge in [0.15, 0.2) is 0 Å². The van der Waals surface area contributed by atoms with Gasteiger partial charge in [0.25, 0.3) is 0 Å². The van der Waals surface area contributed by atoms with Crippen molar-refractivity contribution >= 4 is 17.9 Å². The maximum atomic E-state index is 14.5. The second kappa shape index (κ2) is 16.4. The summed E-state index contributed by atoms with van der Waals surface area (Å²) in [6.07, 6.45) is 3.65. The van der Waals surface area contributed by atoms with E-state index >= 15 is 0 Å². The molecule has 0 unspecified atom stereocenters. The smallest absolute Gasteiger partial charge is 0.338 e. The molecular weight excluding hydrogens is 651 g/mol. The van der Waals surface area contributed by atoms with E-state index in [1.54, 1.807) is 23.5 Å². The summed E-state index contributed by atoms with van der Waals surface area (Å²) in [4.78, 5) is 42.9. The largest absolute Gasteiger partial charge is 0.416 e. The van der Waals surface area contributed by atoms with Gasteiger partial charge in [0, 0.05) is 75.9 Å². The minimum Gasteiger partial charge on any atom is -0.338 e. The van der Waals surface area contributed by atoms with Crippen LogP contribution in [0.15, 0.2) is 134 Å². The Morgan fingerprint density at radius 2 is 1.43 bits per heavy atom. The topological polar surface area (TPSA) is 69.6 Å². The van der Waals surface area contributed by atoms with Crippen molar-refractivity contribution in [2.75, 3.05) is 26.2 Å². The van der Waals surface area contributed by atoms with Gasteiger partial charge < -0.3 is 9.80 Å². The molecule has 1 fully saturated rings. The Morgan fingerprint density at radius 1 is 0.745 bits per heavy atom. The van der Waals surface area contributed by atoms with E-state index in [2.05, 4.69) is 27.0 Å². The SMILES string of the molecule is O=C([C@H](Cc1ccncc1)N(Cc1ccc(-c2ccccn2)cc1)C(=O)/C=C/c1ccc(C(F)(F)F)cc1)N1CCN(Cc2ccccc2)CC1. The van der Waals surface area contributed by atoms with Crippen molar-refractivity contribution in [1.29, 1.82) is 0 Å². The number of benzene rings is 3. The molecule has 51 heavy (non-hydrogen) atoms. The molecule has 6 rings (SSSR count). The standard InChI is InChI=1S/C41H38F3N5O2/c42-41(43,44)36-16-11-31(12-17-36)13-18-39(50)49(30-34-9-14-35(15-10-34)37-8-4-5-21-46-37)38(28-32-19-22-45-23-20-32)40(51)48-26-24-47(25-27-48)29-33-6-2-1-3-7-33/h1-23,38H,24-30H2/b18-13+/t38-/m0/s1.